The van der Waals surface area contributed by atoms with Crippen molar-refractivity contribution in [1.82, 2.24) is 15.2 Å². The lowest BCUT2D eigenvalue weighted by molar-refractivity contribution is 0.0576. The molecule has 0 radical (unpaired) electrons. The van der Waals surface area contributed by atoms with Crippen molar-refractivity contribution in [2.45, 2.75) is 51.7 Å². The second-order valence-corrected chi connectivity index (χ2v) is 9.70. The Hall–Kier alpha value is -3.37. The number of H-pyrrole nitrogens is 1. The van der Waals surface area contributed by atoms with Crippen molar-refractivity contribution in [2.24, 2.45) is 0 Å². The second kappa shape index (κ2) is 9.86. The maximum Gasteiger partial charge on any atom is 0.254 e. The first-order valence-electron chi connectivity index (χ1n) is 12.3. The number of benzene rings is 3. The van der Waals surface area contributed by atoms with E-state index in [1.54, 1.807) is 0 Å². The number of likely N-dealkylation sites (tertiary alicyclic amines) is 1. The molecule has 4 aromatic rings. The van der Waals surface area contributed by atoms with Crippen molar-refractivity contribution in [3.8, 4) is 0 Å². The summed E-state index contributed by atoms with van der Waals surface area (Å²) in [5.74, 6) is 0.154. The maximum atomic E-state index is 13.6. The molecule has 1 aromatic heterocycles. The van der Waals surface area contributed by atoms with Gasteiger partial charge in [-0.05, 0) is 68.3 Å². The Bertz CT molecular complexity index is 1220. The lowest BCUT2D eigenvalue weighted by Gasteiger charge is -2.40. The zero-order valence-corrected chi connectivity index (χ0v) is 20.1. The number of hydrogen-bond donors (Lipinski definition) is 2. The van der Waals surface area contributed by atoms with Crippen molar-refractivity contribution < 1.29 is 4.79 Å². The van der Waals surface area contributed by atoms with Gasteiger partial charge >= 0.3 is 0 Å². The lowest BCUT2D eigenvalue weighted by Crippen LogP contribution is -2.51. The van der Waals surface area contributed by atoms with Gasteiger partial charge in [0.15, 0.2) is 0 Å². The highest BCUT2D eigenvalue weighted by atomic mass is 16.2. The minimum Gasteiger partial charge on any atom is -0.357 e. The van der Waals surface area contributed by atoms with Gasteiger partial charge in [0.2, 0.25) is 0 Å². The van der Waals surface area contributed by atoms with Gasteiger partial charge in [-0.1, -0.05) is 65.7 Å². The molecule has 0 saturated carbocycles. The summed E-state index contributed by atoms with van der Waals surface area (Å²) < 4.78 is 0. The smallest absolute Gasteiger partial charge is 0.254 e. The molecule has 34 heavy (non-hydrogen) atoms. The minimum atomic E-state index is 0.154. The molecule has 2 atom stereocenters. The van der Waals surface area contributed by atoms with E-state index < -0.39 is 0 Å². The molecule has 4 nitrogen and oxygen atoms in total. The summed E-state index contributed by atoms with van der Waals surface area (Å²) in [5, 5.41) is 5.01. The quantitative estimate of drug-likeness (QED) is 0.390. The summed E-state index contributed by atoms with van der Waals surface area (Å²) in [5.41, 5.74) is 6.74. The molecule has 0 bridgehead atoms. The zero-order valence-electron chi connectivity index (χ0n) is 20.1. The van der Waals surface area contributed by atoms with Crippen LogP contribution in [0.2, 0.25) is 0 Å². The summed E-state index contributed by atoms with van der Waals surface area (Å²) in [4.78, 5) is 19.2. The predicted molar refractivity (Wildman–Crippen MR) is 139 cm³/mol. The fraction of sp³-hybridized carbons (Fsp3) is 0.300. The Kier molecular flexibility index (Phi) is 6.50. The first-order chi connectivity index (χ1) is 16.5. The Balaban J connectivity index is 1.32. The van der Waals surface area contributed by atoms with Crippen LogP contribution in [0.15, 0.2) is 78.9 Å². The Morgan fingerprint density at radius 3 is 2.47 bits per heavy atom. The number of hydrogen-bond acceptors (Lipinski definition) is 2. The molecule has 2 heterocycles. The van der Waals surface area contributed by atoms with Crippen LogP contribution in [0.25, 0.3) is 10.9 Å². The van der Waals surface area contributed by atoms with E-state index in [-0.39, 0.29) is 11.9 Å². The molecule has 0 aliphatic carbocycles. The molecule has 1 fully saturated rings. The lowest BCUT2D eigenvalue weighted by atomic mass is 9.91. The van der Waals surface area contributed by atoms with Gasteiger partial charge in [-0.2, -0.15) is 0 Å². The SMILES string of the molecule is Cc1cc(C)cc(C(=O)N2CC[C@H](NCc3cc4ccccc4[nH]3)C[C@@H]2Cc2ccccc2)c1. The van der Waals surface area contributed by atoms with Gasteiger partial charge in [-0.25, -0.2) is 0 Å². The maximum absolute atomic E-state index is 13.6. The van der Waals surface area contributed by atoms with Gasteiger partial charge in [0.05, 0.1) is 0 Å². The van der Waals surface area contributed by atoms with Crippen LogP contribution in [0.3, 0.4) is 0 Å². The van der Waals surface area contributed by atoms with Crippen molar-refractivity contribution in [2.75, 3.05) is 6.54 Å². The Morgan fingerprint density at radius 1 is 0.971 bits per heavy atom. The topological polar surface area (TPSA) is 48.1 Å². The molecule has 0 unspecified atom stereocenters. The van der Waals surface area contributed by atoms with Crippen LogP contribution in [0.5, 0.6) is 0 Å². The van der Waals surface area contributed by atoms with E-state index in [1.165, 1.54) is 22.2 Å². The largest absolute Gasteiger partial charge is 0.357 e. The van der Waals surface area contributed by atoms with Crippen LogP contribution in [0, 0.1) is 13.8 Å². The molecular weight excluding hydrogens is 418 g/mol. The summed E-state index contributed by atoms with van der Waals surface area (Å²) in [6.07, 6.45) is 2.79. The number of rotatable bonds is 6. The van der Waals surface area contributed by atoms with Gasteiger partial charge in [-0.15, -0.1) is 0 Å². The molecule has 3 aromatic carbocycles. The van der Waals surface area contributed by atoms with E-state index in [0.29, 0.717) is 6.04 Å². The normalized spacial score (nSPS) is 18.4. The molecule has 1 aliphatic heterocycles. The van der Waals surface area contributed by atoms with Gasteiger partial charge in [0.1, 0.15) is 0 Å². The first-order valence-corrected chi connectivity index (χ1v) is 12.3. The minimum absolute atomic E-state index is 0.154. The first kappa shape index (κ1) is 22.4. The number of carbonyl (C=O) groups excluding carboxylic acids is 1. The van der Waals surface area contributed by atoms with Crippen LogP contribution in [-0.4, -0.2) is 34.4 Å². The van der Waals surface area contributed by atoms with Crippen LogP contribution in [0.4, 0.5) is 0 Å². The van der Waals surface area contributed by atoms with Crippen LogP contribution in [0.1, 0.15) is 45.6 Å². The number of aromatic nitrogens is 1. The molecule has 4 heteroatoms. The molecular formula is C30H33N3O. The summed E-state index contributed by atoms with van der Waals surface area (Å²) in [7, 11) is 0. The van der Waals surface area contributed by atoms with Gasteiger partial charge < -0.3 is 15.2 Å². The van der Waals surface area contributed by atoms with E-state index >= 15 is 0 Å². The van der Waals surface area contributed by atoms with E-state index in [1.807, 2.05) is 18.2 Å². The molecule has 1 saturated heterocycles. The van der Waals surface area contributed by atoms with Crippen LogP contribution >= 0.6 is 0 Å². The number of nitrogens with zero attached hydrogens (tertiary/aromatic N) is 1. The van der Waals surface area contributed by atoms with Crippen molar-refractivity contribution in [3.63, 3.8) is 0 Å². The van der Waals surface area contributed by atoms with Gasteiger partial charge in [0.25, 0.3) is 5.91 Å². The van der Waals surface area contributed by atoms with Crippen LogP contribution < -0.4 is 5.32 Å². The van der Waals surface area contributed by atoms with Gasteiger partial charge in [-0.3, -0.25) is 4.79 Å². The number of amides is 1. The average Bonchev–Trinajstić information content (AvgIpc) is 3.26. The number of piperidine rings is 1. The highest BCUT2D eigenvalue weighted by molar-refractivity contribution is 5.95. The van der Waals surface area contributed by atoms with Crippen molar-refractivity contribution in [1.29, 1.82) is 0 Å². The molecule has 1 amide bonds. The monoisotopic (exact) mass is 451 g/mol. The Morgan fingerprint density at radius 2 is 1.71 bits per heavy atom. The highest BCUT2D eigenvalue weighted by Gasteiger charge is 2.32. The number of fused-ring (bicyclic) bond motifs is 1. The average molecular weight is 452 g/mol. The van der Waals surface area contributed by atoms with E-state index in [0.717, 1.165) is 49.0 Å². The van der Waals surface area contributed by atoms with Crippen molar-refractivity contribution >= 4 is 16.8 Å². The third-order valence-electron chi connectivity index (χ3n) is 6.93. The number of para-hydroxylation sites is 1. The van der Waals surface area contributed by atoms with E-state index in [2.05, 4.69) is 89.7 Å². The molecule has 5 rings (SSSR count). The third kappa shape index (κ3) is 5.07. The van der Waals surface area contributed by atoms with E-state index in [4.69, 9.17) is 0 Å². The molecule has 174 valence electrons. The fourth-order valence-corrected chi connectivity index (χ4v) is 5.33. The third-order valence-corrected chi connectivity index (χ3v) is 6.93. The molecule has 2 N–H and O–H groups in total. The molecule has 0 spiro atoms. The Labute approximate surface area is 202 Å². The number of aromatic amines is 1. The number of carbonyl (C=O) groups is 1. The number of nitrogens with one attached hydrogen (secondary N) is 2. The van der Waals surface area contributed by atoms with Crippen molar-refractivity contribution in [3.05, 3.63) is 107 Å². The molecule has 1 aliphatic rings. The van der Waals surface area contributed by atoms with Gasteiger partial charge in [0, 0.05) is 41.9 Å². The second-order valence-electron chi connectivity index (χ2n) is 9.70. The summed E-state index contributed by atoms with van der Waals surface area (Å²) >= 11 is 0. The summed E-state index contributed by atoms with van der Waals surface area (Å²) in [6, 6.07) is 27.9. The van der Waals surface area contributed by atoms with Crippen LogP contribution in [-0.2, 0) is 13.0 Å². The predicted octanol–water partition coefficient (Wildman–Crippen LogP) is 5.79. The highest BCUT2D eigenvalue weighted by Crippen LogP contribution is 2.25. The summed E-state index contributed by atoms with van der Waals surface area (Å²) in [6.45, 7) is 5.70. The standard InChI is InChI=1S/C30H33N3O/c1-21-14-22(2)16-25(15-21)30(34)33-13-12-26(19-28(33)17-23-8-4-3-5-9-23)31-20-27-18-24-10-6-7-11-29(24)32-27/h3-11,14-16,18,26,28,31-32H,12-13,17,19-20H2,1-2H3/t26-,28-/m0/s1. The van der Waals surface area contributed by atoms with E-state index in [9.17, 15) is 4.79 Å². The number of aryl methyl sites for hydroxylation is 2. The fourth-order valence-electron chi connectivity index (χ4n) is 5.33. The zero-order chi connectivity index (χ0) is 23.5.